The van der Waals surface area contributed by atoms with Crippen molar-refractivity contribution >= 4 is 5.91 Å². The van der Waals surface area contributed by atoms with Gasteiger partial charge in [-0.3, -0.25) is 14.9 Å². The summed E-state index contributed by atoms with van der Waals surface area (Å²) in [6.45, 7) is 8.08. The van der Waals surface area contributed by atoms with E-state index in [1.807, 2.05) is 33.8 Å². The summed E-state index contributed by atoms with van der Waals surface area (Å²) in [5, 5.41) is 4.63. The number of carbonyl (C=O) groups is 1. The summed E-state index contributed by atoms with van der Waals surface area (Å²) in [4.78, 5) is 16.9. The summed E-state index contributed by atoms with van der Waals surface area (Å²) in [6, 6.07) is 0. The molecule has 0 unspecified atom stereocenters. The highest BCUT2D eigenvalue weighted by Gasteiger charge is 2.41. The Labute approximate surface area is 91.2 Å². The van der Waals surface area contributed by atoms with Gasteiger partial charge in [0.15, 0.2) is 0 Å². The van der Waals surface area contributed by atoms with Crippen molar-refractivity contribution in [2.24, 2.45) is 0 Å². The Bertz CT molecular complexity index is 306. The van der Waals surface area contributed by atoms with E-state index >= 15 is 0 Å². The van der Waals surface area contributed by atoms with Gasteiger partial charge in [0, 0.05) is 23.7 Å². The van der Waals surface area contributed by atoms with Crippen LogP contribution in [0.2, 0.25) is 0 Å². The molecule has 0 spiro atoms. The molecule has 15 heavy (non-hydrogen) atoms. The number of nitrogens with one attached hydrogen (secondary N) is 1. The van der Waals surface area contributed by atoms with Crippen molar-refractivity contribution in [1.82, 2.24) is 10.4 Å². The molecule has 0 radical (unpaired) electrons. The Kier molecular flexibility index (Phi) is 2.94. The van der Waals surface area contributed by atoms with Crippen LogP contribution in [0.4, 0.5) is 0 Å². The van der Waals surface area contributed by atoms with Gasteiger partial charge < -0.3 is 0 Å². The van der Waals surface area contributed by atoms with Crippen LogP contribution in [-0.2, 0) is 9.63 Å². The molecule has 1 aliphatic heterocycles. The molecule has 0 saturated heterocycles. The SMILES string of the molecule is CON(C)C(=O)C1=CC(C)(C)NC1(C)C. The van der Waals surface area contributed by atoms with Gasteiger partial charge >= 0.3 is 0 Å². The van der Waals surface area contributed by atoms with Crippen LogP contribution >= 0.6 is 0 Å². The van der Waals surface area contributed by atoms with Crippen LogP contribution in [0.1, 0.15) is 27.7 Å². The lowest BCUT2D eigenvalue weighted by Crippen LogP contribution is -2.47. The number of hydrogen-bond acceptors (Lipinski definition) is 3. The van der Waals surface area contributed by atoms with Crippen LogP contribution in [-0.4, -0.2) is 36.2 Å². The molecule has 0 aromatic rings. The fraction of sp³-hybridized carbons (Fsp3) is 0.727. The molecule has 1 aliphatic rings. The lowest BCUT2D eigenvalue weighted by Gasteiger charge is -2.28. The van der Waals surface area contributed by atoms with Gasteiger partial charge in [-0.25, -0.2) is 5.06 Å². The van der Waals surface area contributed by atoms with E-state index in [1.165, 1.54) is 12.2 Å². The van der Waals surface area contributed by atoms with Gasteiger partial charge in [0.05, 0.1) is 7.11 Å². The lowest BCUT2D eigenvalue weighted by atomic mass is 9.96. The van der Waals surface area contributed by atoms with E-state index in [0.717, 1.165) is 5.57 Å². The summed E-state index contributed by atoms with van der Waals surface area (Å²) < 4.78 is 0. The number of hydroxylamine groups is 2. The predicted molar refractivity (Wildman–Crippen MR) is 59.2 cm³/mol. The van der Waals surface area contributed by atoms with Crippen LogP contribution in [0.5, 0.6) is 0 Å². The summed E-state index contributed by atoms with van der Waals surface area (Å²) in [5.41, 5.74) is 0.285. The van der Waals surface area contributed by atoms with Crippen molar-refractivity contribution in [3.05, 3.63) is 11.6 Å². The quantitative estimate of drug-likeness (QED) is 0.697. The van der Waals surface area contributed by atoms with Gasteiger partial charge in [0.2, 0.25) is 0 Å². The molecule has 0 aliphatic carbocycles. The molecule has 1 heterocycles. The third kappa shape index (κ3) is 2.38. The normalized spacial score (nSPS) is 22.4. The second-order valence-corrected chi connectivity index (χ2v) is 5.01. The smallest absolute Gasteiger partial charge is 0.274 e. The first kappa shape index (κ1) is 12.2. The van der Waals surface area contributed by atoms with Crippen molar-refractivity contribution < 1.29 is 9.63 Å². The highest BCUT2D eigenvalue weighted by molar-refractivity contribution is 5.95. The first-order valence-corrected chi connectivity index (χ1v) is 5.04. The second-order valence-electron chi connectivity index (χ2n) is 5.01. The van der Waals surface area contributed by atoms with Crippen LogP contribution in [0.25, 0.3) is 0 Å². The molecule has 0 atom stereocenters. The minimum absolute atomic E-state index is 0.0967. The van der Waals surface area contributed by atoms with E-state index in [1.54, 1.807) is 7.05 Å². The molecule has 0 saturated carbocycles. The van der Waals surface area contributed by atoms with Gasteiger partial charge in [-0.05, 0) is 27.7 Å². The molecular formula is C11H20N2O2. The maximum Gasteiger partial charge on any atom is 0.274 e. The number of amides is 1. The first-order valence-electron chi connectivity index (χ1n) is 5.04. The number of likely N-dealkylation sites (N-methyl/N-ethyl adjacent to an activating group) is 1. The van der Waals surface area contributed by atoms with E-state index < -0.39 is 0 Å². The average molecular weight is 212 g/mol. The molecule has 4 heteroatoms. The van der Waals surface area contributed by atoms with Crippen molar-refractivity contribution in [3.8, 4) is 0 Å². The number of nitrogens with zero attached hydrogens (tertiary/aromatic N) is 1. The molecule has 86 valence electrons. The lowest BCUT2D eigenvalue weighted by molar-refractivity contribution is -0.164. The van der Waals surface area contributed by atoms with Crippen LogP contribution < -0.4 is 5.32 Å². The Morgan fingerprint density at radius 3 is 2.27 bits per heavy atom. The van der Waals surface area contributed by atoms with E-state index in [4.69, 9.17) is 4.84 Å². The van der Waals surface area contributed by atoms with E-state index in [2.05, 4.69) is 5.32 Å². The molecule has 1 rings (SSSR count). The molecule has 0 aromatic carbocycles. The molecule has 0 aromatic heterocycles. The summed E-state index contributed by atoms with van der Waals surface area (Å²) in [5.74, 6) is -0.0967. The van der Waals surface area contributed by atoms with Crippen molar-refractivity contribution in [2.45, 2.75) is 38.8 Å². The number of carbonyl (C=O) groups excluding carboxylic acids is 1. The van der Waals surface area contributed by atoms with Crippen LogP contribution in [0.15, 0.2) is 11.6 Å². The maximum absolute atomic E-state index is 12.0. The Hall–Kier alpha value is -0.870. The minimum atomic E-state index is -0.312. The van der Waals surface area contributed by atoms with Crippen LogP contribution in [0.3, 0.4) is 0 Å². The fourth-order valence-electron chi connectivity index (χ4n) is 2.03. The minimum Gasteiger partial charge on any atom is -0.299 e. The third-order valence-corrected chi connectivity index (χ3v) is 2.60. The maximum atomic E-state index is 12.0. The highest BCUT2D eigenvalue weighted by Crippen LogP contribution is 2.30. The highest BCUT2D eigenvalue weighted by atomic mass is 16.7. The monoisotopic (exact) mass is 212 g/mol. The standard InChI is InChI=1S/C11H20N2O2/c1-10(2)7-8(11(3,4)12-10)9(14)13(5)15-6/h7,12H,1-6H3. The van der Waals surface area contributed by atoms with Gasteiger partial charge in [-0.15, -0.1) is 0 Å². The number of rotatable bonds is 2. The molecule has 4 nitrogen and oxygen atoms in total. The van der Waals surface area contributed by atoms with Gasteiger partial charge in [-0.1, -0.05) is 6.08 Å². The number of hydrogen-bond donors (Lipinski definition) is 1. The van der Waals surface area contributed by atoms with Gasteiger partial charge in [0.25, 0.3) is 5.91 Å². The van der Waals surface area contributed by atoms with Gasteiger partial charge in [-0.2, -0.15) is 0 Å². The second kappa shape index (κ2) is 3.61. The zero-order valence-corrected chi connectivity index (χ0v) is 10.3. The first-order chi connectivity index (χ1) is 6.69. The van der Waals surface area contributed by atoms with E-state index in [9.17, 15) is 4.79 Å². The molecular weight excluding hydrogens is 192 g/mol. The summed E-state index contributed by atoms with van der Waals surface area (Å²) in [6.07, 6.45) is 1.96. The molecule has 0 fully saturated rings. The Morgan fingerprint density at radius 2 is 1.93 bits per heavy atom. The summed E-state index contributed by atoms with van der Waals surface area (Å²) in [7, 11) is 3.10. The predicted octanol–water partition coefficient (Wildman–Crippen LogP) is 1.09. The van der Waals surface area contributed by atoms with Crippen molar-refractivity contribution in [3.63, 3.8) is 0 Å². The van der Waals surface area contributed by atoms with Gasteiger partial charge in [0.1, 0.15) is 0 Å². The zero-order chi connectivity index (χ0) is 11.9. The topological polar surface area (TPSA) is 41.6 Å². The molecule has 1 amide bonds. The Balaban J connectivity index is 2.99. The zero-order valence-electron chi connectivity index (χ0n) is 10.3. The Morgan fingerprint density at radius 1 is 1.40 bits per heavy atom. The largest absolute Gasteiger partial charge is 0.299 e. The molecule has 1 N–H and O–H groups in total. The summed E-state index contributed by atoms with van der Waals surface area (Å²) >= 11 is 0. The van der Waals surface area contributed by atoms with Crippen LogP contribution in [0, 0.1) is 0 Å². The van der Waals surface area contributed by atoms with Crippen molar-refractivity contribution in [2.75, 3.05) is 14.2 Å². The van der Waals surface area contributed by atoms with Crippen molar-refractivity contribution in [1.29, 1.82) is 0 Å². The van der Waals surface area contributed by atoms with E-state index in [0.29, 0.717) is 0 Å². The van der Waals surface area contributed by atoms with E-state index in [-0.39, 0.29) is 17.0 Å². The fourth-order valence-corrected chi connectivity index (χ4v) is 2.03. The molecule has 0 bridgehead atoms. The third-order valence-electron chi connectivity index (χ3n) is 2.60. The average Bonchev–Trinajstić information content (AvgIpc) is 2.31.